The number of ether oxygens (including phenoxy) is 1. The molecule has 0 spiro atoms. The summed E-state index contributed by atoms with van der Waals surface area (Å²) >= 11 is 6.88. The van der Waals surface area contributed by atoms with Crippen LogP contribution in [0.1, 0.15) is 57.9 Å². The van der Waals surface area contributed by atoms with Crippen molar-refractivity contribution in [2.45, 2.75) is 25.8 Å². The van der Waals surface area contributed by atoms with Crippen LogP contribution in [0.5, 0.6) is 0 Å². The van der Waals surface area contributed by atoms with Gasteiger partial charge in [-0.15, -0.1) is 0 Å². The highest BCUT2D eigenvalue weighted by Crippen LogP contribution is 2.44. The molecule has 219 valence electrons. The molecular formula is C39H33ClNO3. The van der Waals surface area contributed by atoms with Crippen LogP contribution in [-0.2, 0) is 4.74 Å². The number of halogens is 1. The Morgan fingerprint density at radius 2 is 1.23 bits per heavy atom. The Hall–Kier alpha value is -4.67. The first-order valence-electron chi connectivity index (χ1n) is 14.9. The molecule has 5 heteroatoms. The summed E-state index contributed by atoms with van der Waals surface area (Å²) in [6.07, 6.45) is -0.620. The topological polar surface area (TPSA) is 55.4 Å². The molecule has 5 aromatic carbocycles. The molecular weight excluding hydrogens is 566 g/mol. The highest BCUT2D eigenvalue weighted by Gasteiger charge is 2.31. The summed E-state index contributed by atoms with van der Waals surface area (Å²) in [7, 11) is 0. The molecule has 1 amide bonds. The van der Waals surface area contributed by atoms with Crippen LogP contribution >= 0.6 is 11.6 Å². The number of hydrogen-bond donors (Lipinski definition) is 1. The zero-order valence-corrected chi connectivity index (χ0v) is 25.4. The van der Waals surface area contributed by atoms with Gasteiger partial charge in [-0.05, 0) is 50.9 Å². The van der Waals surface area contributed by atoms with Crippen molar-refractivity contribution in [1.29, 1.82) is 0 Å². The molecule has 1 radical (unpaired) electrons. The summed E-state index contributed by atoms with van der Waals surface area (Å²) in [4.78, 5) is 26.8. The molecule has 0 aromatic heterocycles. The maximum Gasteiger partial charge on any atom is 0.407 e. The van der Waals surface area contributed by atoms with E-state index in [1.54, 1.807) is 12.1 Å². The highest BCUT2D eigenvalue weighted by atomic mass is 35.5. The van der Waals surface area contributed by atoms with E-state index in [0.29, 0.717) is 10.6 Å². The fraction of sp³-hybridized carbons (Fsp3) is 0.154. The van der Waals surface area contributed by atoms with E-state index in [4.69, 9.17) is 16.3 Å². The van der Waals surface area contributed by atoms with Crippen LogP contribution in [0.2, 0.25) is 5.02 Å². The largest absolute Gasteiger partial charge is 0.449 e. The first kappa shape index (κ1) is 29.4. The molecule has 0 fully saturated rings. The fourth-order valence-electron chi connectivity index (χ4n) is 6.04. The summed E-state index contributed by atoms with van der Waals surface area (Å²) < 4.78 is 5.75. The lowest BCUT2D eigenvalue weighted by Crippen LogP contribution is -2.45. The molecule has 0 saturated heterocycles. The van der Waals surface area contributed by atoms with Crippen LogP contribution in [0, 0.1) is 11.8 Å². The third-order valence-corrected chi connectivity index (χ3v) is 8.53. The molecule has 1 aliphatic rings. The Bertz CT molecular complexity index is 1700. The summed E-state index contributed by atoms with van der Waals surface area (Å²) in [5.41, 5.74) is 7.89. The number of benzene rings is 5. The fourth-order valence-corrected chi connectivity index (χ4v) is 6.32. The second-order valence-electron chi connectivity index (χ2n) is 11.4. The number of rotatable bonds is 9. The average Bonchev–Trinajstić information content (AvgIpc) is 3.37. The van der Waals surface area contributed by atoms with Crippen molar-refractivity contribution in [3.05, 3.63) is 172 Å². The van der Waals surface area contributed by atoms with Gasteiger partial charge in [0.05, 0.1) is 12.0 Å². The number of amides is 1. The van der Waals surface area contributed by atoms with Crippen molar-refractivity contribution < 1.29 is 14.3 Å². The number of alkyl carbamates (subject to hydrolysis) is 1. The smallest absolute Gasteiger partial charge is 0.407 e. The lowest BCUT2D eigenvalue weighted by molar-refractivity contribution is 0.0889. The molecule has 0 unspecified atom stereocenters. The van der Waals surface area contributed by atoms with E-state index in [-0.39, 0.29) is 24.2 Å². The SMILES string of the molecule is CC(C)[C@H](NC(=O)OCC1c2ccccc2-c2ccccc21)C(=O)c1ccc([C](c2ccccc2)c2ccccc2)c(Cl)c1. The molecule has 0 bridgehead atoms. The van der Waals surface area contributed by atoms with Crippen molar-refractivity contribution >= 4 is 23.5 Å². The van der Waals surface area contributed by atoms with Crippen LogP contribution < -0.4 is 5.32 Å². The van der Waals surface area contributed by atoms with E-state index in [1.807, 2.05) is 105 Å². The number of Topliss-reactive ketones (excluding diaryl/α,β-unsaturated/α-hetero) is 1. The van der Waals surface area contributed by atoms with Gasteiger partial charge in [-0.2, -0.15) is 0 Å². The Kier molecular flexibility index (Phi) is 8.63. The molecule has 4 nitrogen and oxygen atoms in total. The molecule has 0 aliphatic heterocycles. The van der Waals surface area contributed by atoms with Crippen LogP contribution in [0.3, 0.4) is 0 Å². The Labute approximate surface area is 263 Å². The van der Waals surface area contributed by atoms with Gasteiger partial charge in [-0.3, -0.25) is 4.79 Å². The Balaban J connectivity index is 1.19. The summed E-state index contributed by atoms with van der Waals surface area (Å²) in [5, 5.41) is 3.30. The minimum Gasteiger partial charge on any atom is -0.449 e. The monoisotopic (exact) mass is 598 g/mol. The van der Waals surface area contributed by atoms with Gasteiger partial charge >= 0.3 is 6.09 Å². The number of carbonyl (C=O) groups is 2. The third kappa shape index (κ3) is 5.91. The van der Waals surface area contributed by atoms with E-state index < -0.39 is 12.1 Å². The van der Waals surface area contributed by atoms with Gasteiger partial charge in [0, 0.05) is 16.5 Å². The Morgan fingerprint density at radius 1 is 0.705 bits per heavy atom. The molecule has 1 atom stereocenters. The van der Waals surface area contributed by atoms with Crippen LogP contribution in [0.4, 0.5) is 4.79 Å². The lowest BCUT2D eigenvalue weighted by Gasteiger charge is -2.23. The minimum atomic E-state index is -0.778. The summed E-state index contributed by atoms with van der Waals surface area (Å²) in [6, 6.07) is 41.1. The third-order valence-electron chi connectivity index (χ3n) is 8.21. The number of hydrogen-bond acceptors (Lipinski definition) is 3. The van der Waals surface area contributed by atoms with Gasteiger partial charge < -0.3 is 10.1 Å². The predicted octanol–water partition coefficient (Wildman–Crippen LogP) is 9.11. The van der Waals surface area contributed by atoms with Crippen molar-refractivity contribution in [2.75, 3.05) is 6.61 Å². The van der Waals surface area contributed by atoms with Gasteiger partial charge in [0.1, 0.15) is 6.61 Å². The molecule has 44 heavy (non-hydrogen) atoms. The van der Waals surface area contributed by atoms with Gasteiger partial charge in [0.2, 0.25) is 0 Å². The first-order chi connectivity index (χ1) is 21.4. The van der Waals surface area contributed by atoms with E-state index in [1.165, 1.54) is 0 Å². The lowest BCUT2D eigenvalue weighted by atomic mass is 9.84. The normalized spacial score (nSPS) is 12.9. The number of fused-ring (bicyclic) bond motifs is 3. The molecule has 0 heterocycles. The van der Waals surface area contributed by atoms with Crippen LogP contribution in [0.25, 0.3) is 11.1 Å². The maximum absolute atomic E-state index is 13.7. The molecule has 0 saturated carbocycles. The van der Waals surface area contributed by atoms with Gasteiger partial charge in [0.15, 0.2) is 5.78 Å². The number of carbonyl (C=O) groups excluding carboxylic acids is 2. The van der Waals surface area contributed by atoms with Gasteiger partial charge in [-0.25, -0.2) is 4.79 Å². The number of nitrogens with one attached hydrogen (secondary N) is 1. The molecule has 1 aliphatic carbocycles. The maximum atomic E-state index is 13.7. The second kappa shape index (κ2) is 12.9. The van der Waals surface area contributed by atoms with Gasteiger partial charge in [0.25, 0.3) is 0 Å². The van der Waals surface area contributed by atoms with Crippen LogP contribution in [0.15, 0.2) is 127 Å². The van der Waals surface area contributed by atoms with E-state index >= 15 is 0 Å². The molecule has 1 N–H and O–H groups in total. The molecule has 5 aromatic rings. The highest BCUT2D eigenvalue weighted by molar-refractivity contribution is 6.32. The zero-order valence-electron chi connectivity index (χ0n) is 24.7. The molecule has 6 rings (SSSR count). The Morgan fingerprint density at radius 3 is 1.75 bits per heavy atom. The quantitative estimate of drug-likeness (QED) is 0.136. The van der Waals surface area contributed by atoms with Crippen molar-refractivity contribution in [1.82, 2.24) is 5.32 Å². The van der Waals surface area contributed by atoms with Crippen LogP contribution in [-0.4, -0.2) is 24.5 Å². The predicted molar refractivity (Wildman–Crippen MR) is 176 cm³/mol. The van der Waals surface area contributed by atoms with Crippen molar-refractivity contribution in [2.24, 2.45) is 5.92 Å². The summed E-state index contributed by atoms with van der Waals surface area (Å²) in [5.74, 6) is 0.528. The van der Waals surface area contributed by atoms with Crippen molar-refractivity contribution in [3.8, 4) is 11.1 Å². The van der Waals surface area contributed by atoms with E-state index in [9.17, 15) is 9.59 Å². The first-order valence-corrected chi connectivity index (χ1v) is 15.2. The summed E-state index contributed by atoms with van der Waals surface area (Å²) in [6.45, 7) is 3.98. The standard InChI is InChI=1S/C39H33ClNO3/c1-25(2)37(41-39(43)44-24-34-31-19-11-9-17-29(31)30-18-10-12-20-32(30)34)38(42)28-21-22-33(35(40)23-28)36(26-13-5-3-6-14-26)27-15-7-4-8-16-27/h3-23,25,34,37H,24H2,1-2H3,(H,41,43)/t37-/m0/s1. The minimum absolute atomic E-state index is 0.0626. The van der Waals surface area contributed by atoms with Crippen molar-refractivity contribution in [3.63, 3.8) is 0 Å². The van der Waals surface area contributed by atoms with Gasteiger partial charge in [-0.1, -0.05) is 147 Å². The zero-order chi connectivity index (χ0) is 30.6. The average molecular weight is 599 g/mol. The number of ketones is 1. The van der Waals surface area contributed by atoms with E-state index in [0.717, 1.165) is 44.9 Å². The van der Waals surface area contributed by atoms with E-state index in [2.05, 4.69) is 29.6 Å². The second-order valence-corrected chi connectivity index (χ2v) is 11.8.